The Morgan fingerprint density at radius 1 is 1.00 bits per heavy atom. The summed E-state index contributed by atoms with van der Waals surface area (Å²) in [7, 11) is 0. The van der Waals surface area contributed by atoms with Crippen LogP contribution >= 0.6 is 0 Å². The lowest BCUT2D eigenvalue weighted by Gasteiger charge is -2.34. The fraction of sp³-hybridized carbons (Fsp3) is 0.333. The molecule has 3 nitrogen and oxygen atoms in total. The molecule has 1 N–H and O–H groups in total. The summed E-state index contributed by atoms with van der Waals surface area (Å²) in [6.45, 7) is -3.61. The number of anilines is 1. The Hall–Kier alpha value is -3.01. The van der Waals surface area contributed by atoms with Crippen LogP contribution in [0.25, 0.3) is 11.1 Å². The molecule has 0 spiro atoms. The largest absolute Gasteiger partial charge is 0.573 e. The summed E-state index contributed by atoms with van der Waals surface area (Å²) in [4.78, 5) is 0. The van der Waals surface area contributed by atoms with Crippen LogP contribution in [0.2, 0.25) is 0 Å². The van der Waals surface area contributed by atoms with Crippen LogP contribution in [0.5, 0.6) is 5.75 Å². The van der Waals surface area contributed by atoms with Gasteiger partial charge in [0.15, 0.2) is 0 Å². The van der Waals surface area contributed by atoms with E-state index in [9.17, 15) is 30.7 Å². The van der Waals surface area contributed by atoms with Crippen molar-refractivity contribution < 1.29 is 40.2 Å². The maximum absolute atomic E-state index is 14.0. The highest BCUT2D eigenvalue weighted by atomic mass is 19.4. The molecule has 10 heteroatoms. The van der Waals surface area contributed by atoms with Gasteiger partial charge in [-0.05, 0) is 54.2 Å². The molecule has 0 radical (unpaired) electrons. The monoisotopic (exact) mass is 487 g/mol. The summed E-state index contributed by atoms with van der Waals surface area (Å²) in [5, 5.41) is 3.32. The minimum absolute atomic E-state index is 0.245. The lowest BCUT2D eigenvalue weighted by molar-refractivity contribution is -0.297. The van der Waals surface area contributed by atoms with E-state index >= 15 is 0 Å². The lowest BCUT2D eigenvalue weighted by Crippen LogP contribution is -2.35. The van der Waals surface area contributed by atoms with E-state index in [0.717, 1.165) is 22.9 Å². The molecular weight excluding hydrogens is 467 g/mol. The van der Waals surface area contributed by atoms with Crippen LogP contribution in [0.1, 0.15) is 18.4 Å². The summed E-state index contributed by atoms with van der Waals surface area (Å²) >= 11 is 0. The molecule has 1 aliphatic carbocycles. The van der Waals surface area contributed by atoms with Gasteiger partial charge in [0, 0.05) is 23.2 Å². The molecule has 182 valence electrons. The molecule has 2 aromatic carbocycles. The number of rotatable bonds is 6. The Morgan fingerprint density at radius 2 is 1.76 bits per heavy atom. The van der Waals surface area contributed by atoms with Gasteiger partial charge in [0.2, 0.25) is 0 Å². The maximum Gasteiger partial charge on any atom is 0.573 e. The van der Waals surface area contributed by atoms with Crippen LogP contribution in [0.4, 0.5) is 36.4 Å². The van der Waals surface area contributed by atoms with Gasteiger partial charge in [0.05, 0.1) is 0 Å². The quantitative estimate of drug-likeness (QED) is 0.434. The number of halogens is 7. The molecule has 0 saturated heterocycles. The second kappa shape index (κ2) is 9.32. The smallest absolute Gasteiger partial charge is 0.406 e. The fourth-order valence-electron chi connectivity index (χ4n) is 4.38. The zero-order valence-electron chi connectivity index (χ0n) is 17.6. The average molecular weight is 487 g/mol. The molecule has 4 rings (SSSR count). The van der Waals surface area contributed by atoms with Crippen LogP contribution in [-0.4, -0.2) is 25.1 Å². The molecule has 34 heavy (non-hydrogen) atoms. The predicted molar refractivity (Wildman–Crippen MR) is 112 cm³/mol. The van der Waals surface area contributed by atoms with Crippen LogP contribution in [0.3, 0.4) is 0 Å². The van der Waals surface area contributed by atoms with Gasteiger partial charge < -0.3 is 10.1 Å². The van der Waals surface area contributed by atoms with Gasteiger partial charge in [-0.25, -0.2) is 0 Å². The highest BCUT2D eigenvalue weighted by molar-refractivity contribution is 5.75. The van der Waals surface area contributed by atoms with Crippen molar-refractivity contribution in [2.75, 3.05) is 5.32 Å². The molecule has 2 aliphatic rings. The van der Waals surface area contributed by atoms with Gasteiger partial charge in [-0.2, -0.15) is 17.6 Å². The molecule has 2 aromatic rings. The molecule has 1 unspecified atom stereocenters. The van der Waals surface area contributed by atoms with Crippen LogP contribution in [0.15, 0.2) is 66.3 Å². The molecule has 0 saturated carbocycles. The van der Waals surface area contributed by atoms with E-state index in [-0.39, 0.29) is 17.7 Å². The maximum atomic E-state index is 14.0. The lowest BCUT2D eigenvalue weighted by atomic mass is 9.82. The average Bonchev–Trinajstić information content (AvgIpc) is 2.76. The number of ether oxygens (including phenoxy) is 2. The number of hydrogen-bond donors (Lipinski definition) is 1. The third-order valence-corrected chi connectivity index (χ3v) is 5.79. The van der Waals surface area contributed by atoms with Crippen molar-refractivity contribution >= 4 is 5.69 Å². The normalized spacial score (nSPS) is 20.5. The van der Waals surface area contributed by atoms with E-state index in [1.54, 1.807) is 24.3 Å². The first-order valence-electron chi connectivity index (χ1n) is 10.5. The first-order valence-corrected chi connectivity index (χ1v) is 10.5. The Labute approximate surface area is 190 Å². The molecule has 1 heterocycles. The number of nitrogens with one attached hydrogen (secondary N) is 1. The van der Waals surface area contributed by atoms with Crippen molar-refractivity contribution in [1.82, 2.24) is 0 Å². The van der Waals surface area contributed by atoms with Crippen LogP contribution < -0.4 is 10.1 Å². The topological polar surface area (TPSA) is 30.5 Å². The van der Waals surface area contributed by atoms with E-state index in [1.165, 1.54) is 30.4 Å². The Bertz CT molecular complexity index is 1090. The van der Waals surface area contributed by atoms with E-state index in [1.807, 2.05) is 0 Å². The Kier molecular flexibility index (Phi) is 6.62. The second-order valence-corrected chi connectivity index (χ2v) is 8.02. The number of hydrogen-bond acceptors (Lipinski definition) is 3. The standard InChI is InChI=1S/C24H20F7NO2/c25-22(26)34-23(27,28)16-6-1-5-15(12-16)20-11-10-19-18(8-3-9-21(19)32-20)14-4-2-7-17(13-14)33-24(29,30)31/h1-4,6-9,12-13,15,20,22,32H,5,10-11H2/t15?,20-/m1/s1. The highest BCUT2D eigenvalue weighted by Crippen LogP contribution is 2.40. The van der Waals surface area contributed by atoms with Crippen molar-refractivity contribution in [3.05, 3.63) is 71.8 Å². The van der Waals surface area contributed by atoms with Crippen molar-refractivity contribution in [3.8, 4) is 16.9 Å². The van der Waals surface area contributed by atoms with Gasteiger partial charge in [-0.15, -0.1) is 13.2 Å². The molecule has 0 bridgehead atoms. The predicted octanol–water partition coefficient (Wildman–Crippen LogP) is 7.31. The van der Waals surface area contributed by atoms with E-state index in [4.69, 9.17) is 0 Å². The fourth-order valence-corrected chi connectivity index (χ4v) is 4.38. The molecule has 0 aromatic heterocycles. The van der Waals surface area contributed by atoms with Crippen molar-refractivity contribution in [3.63, 3.8) is 0 Å². The van der Waals surface area contributed by atoms with Crippen molar-refractivity contribution in [2.45, 2.75) is 44.4 Å². The Morgan fingerprint density at radius 3 is 2.50 bits per heavy atom. The number of allylic oxidation sites excluding steroid dienone is 1. The molecule has 0 fully saturated rings. The number of fused-ring (bicyclic) bond motifs is 1. The minimum atomic E-state index is -4.80. The van der Waals surface area contributed by atoms with Gasteiger partial charge in [0.1, 0.15) is 5.75 Å². The van der Waals surface area contributed by atoms with Crippen LogP contribution in [0, 0.1) is 5.92 Å². The first-order chi connectivity index (χ1) is 16.0. The second-order valence-electron chi connectivity index (χ2n) is 8.02. The summed E-state index contributed by atoms with van der Waals surface area (Å²) in [5.74, 6) is -0.713. The SMILES string of the molecule is FC(F)OC(F)(F)C1=CC([C@H]2CCc3c(cccc3-c3cccc(OC(F)(F)F)c3)N2)CC=C1. The van der Waals surface area contributed by atoms with E-state index in [0.29, 0.717) is 24.8 Å². The Balaban J connectivity index is 1.55. The number of benzene rings is 2. The van der Waals surface area contributed by atoms with Crippen LogP contribution in [-0.2, 0) is 11.2 Å². The molecular formula is C24H20F7NO2. The highest BCUT2D eigenvalue weighted by Gasteiger charge is 2.40. The minimum Gasteiger partial charge on any atom is -0.406 e. The summed E-state index contributed by atoms with van der Waals surface area (Å²) < 4.78 is 98.0. The third-order valence-electron chi connectivity index (χ3n) is 5.79. The summed E-state index contributed by atoms with van der Waals surface area (Å²) in [6, 6.07) is 10.8. The molecule has 0 amide bonds. The van der Waals surface area contributed by atoms with Gasteiger partial charge in [-0.1, -0.05) is 42.5 Å². The van der Waals surface area contributed by atoms with Crippen molar-refractivity contribution in [2.24, 2.45) is 5.92 Å². The first kappa shape index (κ1) is 24.1. The summed E-state index contributed by atoms with van der Waals surface area (Å²) in [5.41, 5.74) is 2.27. The van der Waals surface area contributed by atoms with Gasteiger partial charge >= 0.3 is 19.1 Å². The van der Waals surface area contributed by atoms with Gasteiger partial charge in [0.25, 0.3) is 0 Å². The van der Waals surface area contributed by atoms with Crippen molar-refractivity contribution in [1.29, 1.82) is 0 Å². The van der Waals surface area contributed by atoms with E-state index < -0.39 is 24.7 Å². The zero-order chi connectivity index (χ0) is 24.5. The number of alkyl halides is 7. The summed E-state index contributed by atoms with van der Waals surface area (Å²) in [6.07, 6.45) is -3.53. The zero-order valence-corrected chi connectivity index (χ0v) is 17.6. The molecule has 2 atom stereocenters. The third kappa shape index (κ3) is 5.55. The molecule has 1 aliphatic heterocycles. The van der Waals surface area contributed by atoms with E-state index in [2.05, 4.69) is 14.8 Å². The van der Waals surface area contributed by atoms with Gasteiger partial charge in [-0.3, -0.25) is 4.74 Å².